The van der Waals surface area contributed by atoms with Gasteiger partial charge in [0.05, 0.1) is 0 Å². The molecule has 0 atom stereocenters. The Morgan fingerprint density at radius 2 is 2.10 bits per heavy atom. The highest BCUT2D eigenvalue weighted by Gasteiger charge is 2.30. The normalized spacial score (nSPS) is 20.3. The highest BCUT2D eigenvalue weighted by molar-refractivity contribution is 7.98. The minimum atomic E-state index is -0.00174. The molecule has 10 heavy (non-hydrogen) atoms. The van der Waals surface area contributed by atoms with Crippen LogP contribution in [0.2, 0.25) is 0 Å². The Labute approximate surface area is 66.1 Å². The summed E-state index contributed by atoms with van der Waals surface area (Å²) in [7, 11) is 0. The molecule has 0 aliphatic carbocycles. The van der Waals surface area contributed by atoms with E-state index in [1.807, 2.05) is 4.31 Å². The van der Waals surface area contributed by atoms with Crippen LogP contribution >= 0.6 is 11.9 Å². The molecule has 0 saturated carbocycles. The number of amides is 1. The van der Waals surface area contributed by atoms with Gasteiger partial charge >= 0.3 is 0 Å². The first-order valence-electron chi connectivity index (χ1n) is 3.48. The monoisotopic (exact) mass is 159 g/mol. The highest BCUT2D eigenvalue weighted by Crippen LogP contribution is 2.30. The summed E-state index contributed by atoms with van der Waals surface area (Å²) in [6.45, 7) is 6.18. The average molecular weight is 159 g/mol. The molecule has 3 heteroatoms. The zero-order chi connectivity index (χ0) is 7.78. The zero-order valence-corrected chi connectivity index (χ0v) is 7.49. The molecule has 1 amide bonds. The van der Waals surface area contributed by atoms with Gasteiger partial charge in [-0.25, -0.2) is 0 Å². The molecular formula is C7H13NOS. The Morgan fingerprint density at radius 1 is 1.50 bits per heavy atom. The first kappa shape index (κ1) is 7.92. The first-order valence-corrected chi connectivity index (χ1v) is 4.42. The lowest BCUT2D eigenvalue weighted by Crippen LogP contribution is -2.37. The summed E-state index contributed by atoms with van der Waals surface area (Å²) in [6, 6.07) is 0. The molecule has 0 radical (unpaired) electrons. The SMILES string of the molecule is CC(C)(C)N1SCCC1=O. The predicted molar refractivity (Wildman–Crippen MR) is 43.7 cm³/mol. The van der Waals surface area contributed by atoms with Crippen LogP contribution in [0.15, 0.2) is 0 Å². The van der Waals surface area contributed by atoms with Gasteiger partial charge < -0.3 is 0 Å². The van der Waals surface area contributed by atoms with E-state index < -0.39 is 0 Å². The zero-order valence-electron chi connectivity index (χ0n) is 6.68. The lowest BCUT2D eigenvalue weighted by molar-refractivity contribution is -0.127. The van der Waals surface area contributed by atoms with Gasteiger partial charge in [-0.3, -0.25) is 9.10 Å². The number of carbonyl (C=O) groups excluding carboxylic acids is 1. The van der Waals surface area contributed by atoms with Crippen LogP contribution in [0.1, 0.15) is 27.2 Å². The molecule has 0 aromatic heterocycles. The molecule has 0 unspecified atom stereocenters. The van der Waals surface area contributed by atoms with Crippen molar-refractivity contribution >= 4 is 17.9 Å². The van der Waals surface area contributed by atoms with Crippen molar-refractivity contribution in [2.24, 2.45) is 0 Å². The van der Waals surface area contributed by atoms with E-state index in [-0.39, 0.29) is 11.4 Å². The molecule has 0 aromatic rings. The quantitative estimate of drug-likeness (QED) is 0.501. The van der Waals surface area contributed by atoms with Crippen LogP contribution in [0, 0.1) is 0 Å². The Morgan fingerprint density at radius 3 is 2.30 bits per heavy atom. The lowest BCUT2D eigenvalue weighted by atomic mass is 10.1. The van der Waals surface area contributed by atoms with Crippen LogP contribution < -0.4 is 0 Å². The molecule has 0 spiro atoms. The minimum Gasteiger partial charge on any atom is -0.281 e. The summed E-state index contributed by atoms with van der Waals surface area (Å²) < 4.78 is 1.87. The van der Waals surface area contributed by atoms with Crippen LogP contribution in [-0.2, 0) is 4.79 Å². The highest BCUT2D eigenvalue weighted by atomic mass is 32.2. The lowest BCUT2D eigenvalue weighted by Gasteiger charge is -2.29. The standard InChI is InChI=1S/C7H13NOS/c1-7(2,3)8-6(9)4-5-10-8/h4-5H2,1-3H3. The van der Waals surface area contributed by atoms with Gasteiger partial charge in [0.1, 0.15) is 0 Å². The van der Waals surface area contributed by atoms with E-state index in [2.05, 4.69) is 20.8 Å². The van der Waals surface area contributed by atoms with Gasteiger partial charge in [0.25, 0.3) is 0 Å². The van der Waals surface area contributed by atoms with Crippen LogP contribution in [0.5, 0.6) is 0 Å². The van der Waals surface area contributed by atoms with Gasteiger partial charge in [0, 0.05) is 17.7 Å². The second-order valence-electron chi connectivity index (χ2n) is 3.44. The van der Waals surface area contributed by atoms with E-state index in [1.165, 1.54) is 0 Å². The molecule has 2 nitrogen and oxygen atoms in total. The smallest absolute Gasteiger partial charge is 0.233 e. The first-order chi connectivity index (χ1) is 4.52. The molecule has 1 heterocycles. The van der Waals surface area contributed by atoms with Gasteiger partial charge in [0.2, 0.25) is 5.91 Å². The Hall–Kier alpha value is -0.180. The number of hydrogen-bond donors (Lipinski definition) is 0. The van der Waals surface area contributed by atoms with E-state index in [9.17, 15) is 4.79 Å². The van der Waals surface area contributed by atoms with E-state index in [1.54, 1.807) is 11.9 Å². The van der Waals surface area contributed by atoms with Crippen molar-refractivity contribution in [1.29, 1.82) is 0 Å². The third-order valence-corrected chi connectivity index (χ3v) is 2.77. The fourth-order valence-electron chi connectivity index (χ4n) is 0.966. The van der Waals surface area contributed by atoms with Crippen LogP contribution in [0.25, 0.3) is 0 Å². The molecular weight excluding hydrogens is 146 g/mol. The van der Waals surface area contributed by atoms with Crippen LogP contribution in [0.4, 0.5) is 0 Å². The van der Waals surface area contributed by atoms with E-state index in [0.29, 0.717) is 6.42 Å². The van der Waals surface area contributed by atoms with Crippen LogP contribution in [0.3, 0.4) is 0 Å². The molecule has 1 fully saturated rings. The van der Waals surface area contributed by atoms with Gasteiger partial charge in [0.15, 0.2) is 0 Å². The van der Waals surface area contributed by atoms with Gasteiger partial charge in [-0.15, -0.1) is 0 Å². The molecule has 0 aromatic carbocycles. The van der Waals surface area contributed by atoms with Gasteiger partial charge in [-0.05, 0) is 32.7 Å². The second-order valence-corrected chi connectivity index (χ2v) is 4.47. The Balaban J connectivity index is 2.64. The summed E-state index contributed by atoms with van der Waals surface area (Å²) in [6.07, 6.45) is 0.710. The van der Waals surface area contributed by atoms with Gasteiger partial charge in [-0.2, -0.15) is 0 Å². The molecule has 58 valence electrons. The van der Waals surface area contributed by atoms with Crippen molar-refractivity contribution in [3.8, 4) is 0 Å². The molecule has 1 rings (SSSR count). The molecule has 1 saturated heterocycles. The predicted octanol–water partition coefficient (Wildman–Crippen LogP) is 1.67. The minimum absolute atomic E-state index is 0.00174. The summed E-state index contributed by atoms with van der Waals surface area (Å²) >= 11 is 1.64. The fourth-order valence-corrected chi connectivity index (χ4v) is 2.04. The molecule has 0 bridgehead atoms. The number of rotatable bonds is 0. The summed E-state index contributed by atoms with van der Waals surface area (Å²) in [5.74, 6) is 1.23. The largest absolute Gasteiger partial charge is 0.281 e. The molecule has 1 aliphatic rings. The number of hydrogen-bond acceptors (Lipinski definition) is 2. The molecule has 1 aliphatic heterocycles. The second kappa shape index (κ2) is 2.46. The van der Waals surface area contributed by atoms with Crippen molar-refractivity contribution in [1.82, 2.24) is 4.31 Å². The van der Waals surface area contributed by atoms with Gasteiger partial charge in [-0.1, -0.05) is 0 Å². The van der Waals surface area contributed by atoms with Crippen molar-refractivity contribution in [3.63, 3.8) is 0 Å². The third kappa shape index (κ3) is 1.45. The topological polar surface area (TPSA) is 20.3 Å². The summed E-state index contributed by atoms with van der Waals surface area (Å²) in [5.41, 5.74) is -0.00174. The maximum Gasteiger partial charge on any atom is 0.233 e. The van der Waals surface area contributed by atoms with Crippen molar-refractivity contribution in [3.05, 3.63) is 0 Å². The third-order valence-electron chi connectivity index (χ3n) is 1.37. The number of nitrogens with zero attached hydrogens (tertiary/aromatic N) is 1. The van der Waals surface area contributed by atoms with E-state index in [0.717, 1.165) is 5.75 Å². The van der Waals surface area contributed by atoms with Crippen LogP contribution in [-0.4, -0.2) is 21.5 Å². The summed E-state index contributed by atoms with van der Waals surface area (Å²) in [5, 5.41) is 0. The van der Waals surface area contributed by atoms with E-state index in [4.69, 9.17) is 0 Å². The fraction of sp³-hybridized carbons (Fsp3) is 0.857. The molecule has 0 N–H and O–H groups in total. The maximum absolute atomic E-state index is 11.1. The number of carbonyl (C=O) groups is 1. The Kier molecular flexibility index (Phi) is 1.95. The Bertz CT molecular complexity index is 150. The van der Waals surface area contributed by atoms with Crippen molar-refractivity contribution in [2.45, 2.75) is 32.7 Å². The maximum atomic E-state index is 11.1. The van der Waals surface area contributed by atoms with Crippen molar-refractivity contribution < 1.29 is 4.79 Å². The average Bonchev–Trinajstić information content (AvgIpc) is 2.11. The van der Waals surface area contributed by atoms with Crippen molar-refractivity contribution in [2.75, 3.05) is 5.75 Å². The summed E-state index contributed by atoms with van der Waals surface area (Å²) in [4.78, 5) is 11.1. The van der Waals surface area contributed by atoms with E-state index >= 15 is 0 Å².